The van der Waals surface area contributed by atoms with Crippen molar-refractivity contribution >= 4 is 21.6 Å². The standard InChI is InChI=1S/C16H16F2N2O3S/c1-3-19-16(21)13-9-12(6-4-10(13)2)24(22,23)20-15-7-5-11(17)8-14(15)18/h4-9,20H,3H2,1-2H3,(H,19,21). The Balaban J connectivity index is 2.39. The fourth-order valence-electron chi connectivity index (χ4n) is 2.04. The lowest BCUT2D eigenvalue weighted by molar-refractivity contribution is 0.0955. The maximum absolute atomic E-state index is 13.6. The van der Waals surface area contributed by atoms with E-state index in [1.807, 2.05) is 4.72 Å². The van der Waals surface area contributed by atoms with Crippen LogP contribution in [0.5, 0.6) is 0 Å². The van der Waals surface area contributed by atoms with E-state index in [1.54, 1.807) is 13.8 Å². The average Bonchev–Trinajstić information content (AvgIpc) is 2.50. The third-order valence-corrected chi connectivity index (χ3v) is 4.64. The van der Waals surface area contributed by atoms with Gasteiger partial charge in [-0.05, 0) is 43.7 Å². The molecule has 0 spiro atoms. The third kappa shape index (κ3) is 3.88. The maximum Gasteiger partial charge on any atom is 0.262 e. The van der Waals surface area contributed by atoms with Crippen molar-refractivity contribution in [3.05, 3.63) is 59.2 Å². The largest absolute Gasteiger partial charge is 0.352 e. The van der Waals surface area contributed by atoms with Crippen LogP contribution in [-0.4, -0.2) is 20.9 Å². The van der Waals surface area contributed by atoms with E-state index in [1.165, 1.54) is 18.2 Å². The summed E-state index contributed by atoms with van der Waals surface area (Å²) in [6, 6.07) is 6.51. The highest BCUT2D eigenvalue weighted by atomic mass is 32.2. The molecule has 24 heavy (non-hydrogen) atoms. The van der Waals surface area contributed by atoms with E-state index in [0.29, 0.717) is 18.2 Å². The van der Waals surface area contributed by atoms with Gasteiger partial charge in [-0.15, -0.1) is 0 Å². The second kappa shape index (κ2) is 6.96. The number of aryl methyl sites for hydroxylation is 1. The molecule has 2 aromatic rings. The van der Waals surface area contributed by atoms with Crippen molar-refractivity contribution in [3.8, 4) is 0 Å². The molecule has 2 N–H and O–H groups in total. The minimum absolute atomic E-state index is 0.196. The second-order valence-corrected chi connectivity index (χ2v) is 6.75. The summed E-state index contributed by atoms with van der Waals surface area (Å²) in [5.74, 6) is -2.25. The number of hydrogen-bond donors (Lipinski definition) is 2. The summed E-state index contributed by atoms with van der Waals surface area (Å²) >= 11 is 0. The zero-order chi connectivity index (χ0) is 17.9. The van der Waals surface area contributed by atoms with Gasteiger partial charge in [0, 0.05) is 18.2 Å². The highest BCUT2D eigenvalue weighted by Crippen LogP contribution is 2.21. The van der Waals surface area contributed by atoms with E-state index in [9.17, 15) is 22.0 Å². The first-order valence-electron chi connectivity index (χ1n) is 7.11. The molecule has 0 fully saturated rings. The Kier molecular flexibility index (Phi) is 5.18. The van der Waals surface area contributed by atoms with E-state index >= 15 is 0 Å². The Labute approximate surface area is 138 Å². The summed E-state index contributed by atoms with van der Waals surface area (Å²) in [6.07, 6.45) is 0. The average molecular weight is 354 g/mol. The van der Waals surface area contributed by atoms with Crippen molar-refractivity contribution in [2.75, 3.05) is 11.3 Å². The van der Waals surface area contributed by atoms with Crippen LogP contribution in [0.25, 0.3) is 0 Å². The van der Waals surface area contributed by atoms with Crippen LogP contribution >= 0.6 is 0 Å². The summed E-state index contributed by atoms with van der Waals surface area (Å²) < 4.78 is 53.3. The van der Waals surface area contributed by atoms with Gasteiger partial charge < -0.3 is 5.32 Å². The van der Waals surface area contributed by atoms with Crippen molar-refractivity contribution in [2.45, 2.75) is 18.7 Å². The van der Waals surface area contributed by atoms with E-state index in [-0.39, 0.29) is 16.1 Å². The molecule has 0 aliphatic rings. The Morgan fingerprint density at radius 1 is 1.12 bits per heavy atom. The topological polar surface area (TPSA) is 75.3 Å². The van der Waals surface area contributed by atoms with Gasteiger partial charge in [0.2, 0.25) is 0 Å². The van der Waals surface area contributed by atoms with Gasteiger partial charge in [-0.3, -0.25) is 9.52 Å². The van der Waals surface area contributed by atoms with E-state index in [0.717, 1.165) is 12.1 Å². The molecular weight excluding hydrogens is 338 g/mol. The summed E-state index contributed by atoms with van der Waals surface area (Å²) in [6.45, 7) is 3.81. The fraction of sp³-hybridized carbons (Fsp3) is 0.188. The van der Waals surface area contributed by atoms with Gasteiger partial charge in [0.05, 0.1) is 10.6 Å². The SMILES string of the molecule is CCNC(=O)c1cc(S(=O)(=O)Nc2ccc(F)cc2F)ccc1C. The van der Waals surface area contributed by atoms with E-state index in [4.69, 9.17) is 0 Å². The fourth-order valence-corrected chi connectivity index (χ4v) is 3.14. The highest BCUT2D eigenvalue weighted by Gasteiger charge is 2.19. The molecule has 0 aliphatic heterocycles. The molecule has 0 heterocycles. The number of nitrogens with one attached hydrogen (secondary N) is 2. The molecule has 2 aromatic carbocycles. The lowest BCUT2D eigenvalue weighted by Crippen LogP contribution is -2.24. The van der Waals surface area contributed by atoms with Crippen LogP contribution in [0.4, 0.5) is 14.5 Å². The number of hydrogen-bond acceptors (Lipinski definition) is 3. The molecule has 0 saturated carbocycles. The van der Waals surface area contributed by atoms with Crippen LogP contribution in [0.15, 0.2) is 41.3 Å². The van der Waals surface area contributed by atoms with Crippen molar-refractivity contribution < 1.29 is 22.0 Å². The Hall–Kier alpha value is -2.48. The molecule has 0 atom stereocenters. The molecule has 128 valence electrons. The molecule has 0 radical (unpaired) electrons. The number of sulfonamides is 1. The van der Waals surface area contributed by atoms with Crippen LogP contribution in [-0.2, 0) is 10.0 Å². The zero-order valence-electron chi connectivity index (χ0n) is 13.1. The first-order valence-corrected chi connectivity index (χ1v) is 8.59. The lowest BCUT2D eigenvalue weighted by Gasteiger charge is -2.12. The molecule has 0 unspecified atom stereocenters. The van der Waals surface area contributed by atoms with Crippen molar-refractivity contribution in [1.82, 2.24) is 5.32 Å². The van der Waals surface area contributed by atoms with Crippen LogP contribution < -0.4 is 10.0 Å². The predicted octanol–water partition coefficient (Wildman–Crippen LogP) is 2.82. The molecule has 8 heteroatoms. The number of anilines is 1. The number of halogens is 2. The van der Waals surface area contributed by atoms with Crippen molar-refractivity contribution in [3.63, 3.8) is 0 Å². The Morgan fingerprint density at radius 2 is 1.83 bits per heavy atom. The molecule has 0 bridgehead atoms. The number of amides is 1. The van der Waals surface area contributed by atoms with Crippen LogP contribution in [0.1, 0.15) is 22.8 Å². The summed E-state index contributed by atoms with van der Waals surface area (Å²) in [5, 5.41) is 2.59. The molecule has 0 saturated heterocycles. The van der Waals surface area contributed by atoms with Gasteiger partial charge in [-0.25, -0.2) is 17.2 Å². The van der Waals surface area contributed by atoms with Gasteiger partial charge in [0.1, 0.15) is 11.6 Å². The van der Waals surface area contributed by atoms with Gasteiger partial charge in [0.15, 0.2) is 0 Å². The minimum atomic E-state index is -4.13. The molecule has 5 nitrogen and oxygen atoms in total. The maximum atomic E-state index is 13.6. The van der Waals surface area contributed by atoms with Gasteiger partial charge in [-0.2, -0.15) is 0 Å². The number of benzene rings is 2. The smallest absolute Gasteiger partial charge is 0.262 e. The Morgan fingerprint density at radius 3 is 2.46 bits per heavy atom. The summed E-state index contributed by atoms with van der Waals surface area (Å²) in [5.41, 5.74) is 0.434. The van der Waals surface area contributed by atoms with Gasteiger partial charge in [0.25, 0.3) is 15.9 Å². The van der Waals surface area contributed by atoms with Gasteiger partial charge >= 0.3 is 0 Å². The number of carbonyl (C=O) groups excluding carboxylic acids is 1. The van der Waals surface area contributed by atoms with E-state index in [2.05, 4.69) is 5.32 Å². The second-order valence-electron chi connectivity index (χ2n) is 5.07. The molecule has 0 aliphatic carbocycles. The van der Waals surface area contributed by atoms with Crippen molar-refractivity contribution in [1.29, 1.82) is 0 Å². The minimum Gasteiger partial charge on any atom is -0.352 e. The van der Waals surface area contributed by atoms with Crippen LogP contribution in [0.2, 0.25) is 0 Å². The number of carbonyl (C=O) groups is 1. The Bertz CT molecular complexity index is 883. The zero-order valence-corrected chi connectivity index (χ0v) is 13.9. The summed E-state index contributed by atoms with van der Waals surface area (Å²) in [4.78, 5) is 11.8. The van der Waals surface area contributed by atoms with Crippen LogP contribution in [0, 0.1) is 18.6 Å². The lowest BCUT2D eigenvalue weighted by atomic mass is 10.1. The predicted molar refractivity (Wildman–Crippen MR) is 86.4 cm³/mol. The first-order chi connectivity index (χ1) is 11.2. The molecule has 2 rings (SSSR count). The highest BCUT2D eigenvalue weighted by molar-refractivity contribution is 7.92. The monoisotopic (exact) mass is 354 g/mol. The summed E-state index contributed by atoms with van der Waals surface area (Å²) in [7, 11) is -4.13. The first kappa shape index (κ1) is 17.9. The van der Waals surface area contributed by atoms with E-state index < -0.39 is 27.6 Å². The van der Waals surface area contributed by atoms with Crippen molar-refractivity contribution in [2.24, 2.45) is 0 Å². The van der Waals surface area contributed by atoms with Gasteiger partial charge in [-0.1, -0.05) is 6.07 Å². The molecular formula is C16H16F2N2O3S. The number of rotatable bonds is 5. The van der Waals surface area contributed by atoms with Crippen LogP contribution in [0.3, 0.4) is 0 Å². The molecule has 1 amide bonds. The normalized spacial score (nSPS) is 11.2. The quantitative estimate of drug-likeness (QED) is 0.867. The third-order valence-electron chi connectivity index (χ3n) is 3.28. The molecule has 0 aromatic heterocycles.